The maximum Gasteiger partial charge on any atom is 1.00 e. The van der Waals surface area contributed by atoms with Crippen molar-refractivity contribution in [1.29, 1.82) is 0 Å². The van der Waals surface area contributed by atoms with E-state index in [4.69, 9.17) is 15.6 Å². The molecule has 1 aliphatic heterocycles. The first-order chi connectivity index (χ1) is 8.04. The molecule has 0 radical (unpaired) electrons. The molecule has 0 aliphatic carbocycles. The van der Waals surface area contributed by atoms with E-state index in [0.717, 1.165) is 4.57 Å². The van der Waals surface area contributed by atoms with Crippen LogP contribution < -0.4 is 41.0 Å². The van der Waals surface area contributed by atoms with Gasteiger partial charge in [0, 0.05) is 6.20 Å². The second-order valence-electron chi connectivity index (χ2n) is 3.77. The number of hydrogen-bond acceptors (Lipinski definition) is 7. The van der Waals surface area contributed by atoms with Crippen molar-refractivity contribution in [1.82, 2.24) is 9.55 Å². The van der Waals surface area contributed by atoms with E-state index in [-0.39, 0.29) is 36.8 Å². The average Bonchev–Trinajstić information content (AvgIpc) is 2.57. The zero-order chi connectivity index (χ0) is 12.6. The first-order valence-corrected chi connectivity index (χ1v) is 5.01. The van der Waals surface area contributed by atoms with E-state index in [2.05, 4.69) is 4.98 Å². The molecule has 2 rings (SSSR count). The molecule has 1 aromatic heterocycles. The van der Waals surface area contributed by atoms with E-state index < -0.39 is 36.8 Å². The van der Waals surface area contributed by atoms with E-state index in [9.17, 15) is 15.0 Å². The van der Waals surface area contributed by atoms with Crippen LogP contribution in [0, 0.1) is 0 Å². The topological polar surface area (TPSA) is 131 Å². The number of anilines is 1. The number of aliphatic hydroxyl groups is 3. The molecule has 1 fully saturated rings. The van der Waals surface area contributed by atoms with Crippen molar-refractivity contribution in [2.75, 3.05) is 12.3 Å². The Morgan fingerprint density at radius 3 is 2.67 bits per heavy atom. The Bertz CT molecular complexity index is 473. The summed E-state index contributed by atoms with van der Waals surface area (Å²) in [4.78, 5) is 15.0. The maximum absolute atomic E-state index is 11.5. The van der Waals surface area contributed by atoms with E-state index in [1.54, 1.807) is 0 Å². The monoisotopic (exact) mass is 267 g/mol. The Morgan fingerprint density at radius 2 is 2.17 bits per heavy atom. The van der Waals surface area contributed by atoms with Gasteiger partial charge in [-0.3, -0.25) is 4.57 Å². The molecule has 0 aromatic carbocycles. The Kier molecular flexibility index (Phi) is 5.29. The molecule has 1 aliphatic rings. The number of nitrogens with zero attached hydrogens (tertiary/aromatic N) is 2. The Morgan fingerprint density at radius 1 is 1.50 bits per heavy atom. The molecule has 4 atom stereocenters. The molecule has 9 heteroatoms. The third kappa shape index (κ3) is 2.75. The minimum absolute atomic E-state index is 0. The van der Waals surface area contributed by atoms with Gasteiger partial charge in [0.15, 0.2) is 6.23 Å². The van der Waals surface area contributed by atoms with E-state index >= 15 is 0 Å². The van der Waals surface area contributed by atoms with Crippen molar-refractivity contribution in [3.05, 3.63) is 22.7 Å². The van der Waals surface area contributed by atoms with Gasteiger partial charge in [-0.15, -0.1) is 0 Å². The van der Waals surface area contributed by atoms with Gasteiger partial charge in [0.2, 0.25) is 0 Å². The fourth-order valence-electron chi connectivity index (χ4n) is 1.73. The summed E-state index contributed by atoms with van der Waals surface area (Å²) in [6, 6.07) is 1.37. The predicted octanol–water partition coefficient (Wildman–Crippen LogP) is -5.45. The summed E-state index contributed by atoms with van der Waals surface area (Å²) in [5, 5.41) is 28.2. The van der Waals surface area contributed by atoms with Crippen molar-refractivity contribution < 1.29 is 51.0 Å². The molecule has 5 N–H and O–H groups in total. The summed E-state index contributed by atoms with van der Waals surface area (Å²) < 4.78 is 6.19. The van der Waals surface area contributed by atoms with E-state index in [0.29, 0.717) is 0 Å². The molecule has 18 heavy (non-hydrogen) atoms. The van der Waals surface area contributed by atoms with Gasteiger partial charge in [-0.1, -0.05) is 0 Å². The number of aromatic nitrogens is 2. The number of aliphatic hydroxyl groups excluding tert-OH is 3. The fraction of sp³-hybridized carbons (Fsp3) is 0.556. The van der Waals surface area contributed by atoms with Crippen LogP contribution in [0.15, 0.2) is 17.1 Å². The molecule has 2 unspecified atom stereocenters. The van der Waals surface area contributed by atoms with E-state index in [1.807, 2.05) is 0 Å². The van der Waals surface area contributed by atoms with Gasteiger partial charge in [-0.2, -0.15) is 4.98 Å². The minimum Gasteiger partial charge on any atom is -1.00 e. The molecule has 8 nitrogen and oxygen atoms in total. The molecule has 0 amide bonds. The van der Waals surface area contributed by atoms with Crippen LogP contribution in [0.1, 0.15) is 7.65 Å². The van der Waals surface area contributed by atoms with Gasteiger partial charge >= 0.3 is 35.2 Å². The third-order valence-electron chi connectivity index (χ3n) is 2.64. The molecule has 2 heterocycles. The summed E-state index contributed by atoms with van der Waals surface area (Å²) in [6.45, 7) is -0.453. The summed E-state index contributed by atoms with van der Waals surface area (Å²) in [5.41, 5.74) is 4.63. The van der Waals surface area contributed by atoms with Crippen LogP contribution in [0.2, 0.25) is 0 Å². The second kappa shape index (κ2) is 6.11. The van der Waals surface area contributed by atoms with Gasteiger partial charge < -0.3 is 27.2 Å². The third-order valence-corrected chi connectivity index (χ3v) is 2.64. The number of hydrogen-bond donors (Lipinski definition) is 4. The minimum atomic E-state index is -1.31. The van der Waals surface area contributed by atoms with Crippen molar-refractivity contribution in [2.45, 2.75) is 24.5 Å². The van der Waals surface area contributed by atoms with Crippen molar-refractivity contribution in [3.63, 3.8) is 0 Å². The van der Waals surface area contributed by atoms with Crippen molar-refractivity contribution in [3.8, 4) is 0 Å². The molecular weight excluding hydrogens is 253 g/mol. The number of nitrogen functional groups attached to an aromatic ring is 1. The quantitative estimate of drug-likeness (QED) is 0.393. The normalized spacial score (nSPS) is 31.1. The molecule has 0 bridgehead atoms. The standard InChI is InChI=1S/C9H13N3O5.Na.H/c10-5-1-2-12(9(16)11-5)8-7(15)6(14)4(3-13)17-8;;/h1-2,4,6-8,13-15H,3H2,(H2,10,11,16);;/q;+1;-1/t4-,6?,7?,8-;;/m1../s1. The summed E-state index contributed by atoms with van der Waals surface area (Å²) in [7, 11) is 0. The van der Waals surface area contributed by atoms with Crippen LogP contribution in [-0.2, 0) is 4.74 Å². The van der Waals surface area contributed by atoms with Crippen LogP contribution in [0.3, 0.4) is 0 Å². The fourth-order valence-corrected chi connectivity index (χ4v) is 1.73. The first-order valence-electron chi connectivity index (χ1n) is 5.01. The SMILES string of the molecule is Nc1ccn([C@@H]2O[C@H](CO)C(O)C2O)c(=O)n1.[H-].[Na+]. The van der Waals surface area contributed by atoms with Crippen LogP contribution >= 0.6 is 0 Å². The maximum atomic E-state index is 11.5. The molecule has 96 valence electrons. The predicted molar refractivity (Wildman–Crippen MR) is 57.0 cm³/mol. The van der Waals surface area contributed by atoms with Crippen molar-refractivity contribution >= 4 is 5.82 Å². The smallest absolute Gasteiger partial charge is 1.00 e. The van der Waals surface area contributed by atoms with Gasteiger partial charge in [0.25, 0.3) is 0 Å². The van der Waals surface area contributed by atoms with Crippen LogP contribution in [0.4, 0.5) is 5.82 Å². The largest absolute Gasteiger partial charge is 1.00 e. The number of ether oxygens (including phenoxy) is 1. The van der Waals surface area contributed by atoms with Crippen LogP contribution in [-0.4, -0.2) is 49.8 Å². The first kappa shape index (κ1) is 15.6. The van der Waals surface area contributed by atoms with Gasteiger partial charge in [0.1, 0.15) is 24.1 Å². The molecule has 1 aromatic rings. The average molecular weight is 267 g/mol. The molecular formula is C9H14N3NaO5. The Balaban J connectivity index is 0.00000162. The number of nitrogens with two attached hydrogens (primary N) is 1. The Hall–Kier alpha value is -0.480. The van der Waals surface area contributed by atoms with E-state index in [1.165, 1.54) is 12.3 Å². The van der Waals surface area contributed by atoms with Gasteiger partial charge in [0.05, 0.1) is 6.61 Å². The summed E-state index contributed by atoms with van der Waals surface area (Å²) in [5.74, 6) is 0.0537. The van der Waals surface area contributed by atoms with Gasteiger partial charge in [-0.25, -0.2) is 4.79 Å². The van der Waals surface area contributed by atoms with Crippen molar-refractivity contribution in [2.24, 2.45) is 0 Å². The molecule has 1 saturated heterocycles. The number of rotatable bonds is 2. The van der Waals surface area contributed by atoms with Gasteiger partial charge in [-0.05, 0) is 6.07 Å². The zero-order valence-corrected chi connectivity index (χ0v) is 11.8. The molecule has 0 saturated carbocycles. The molecule has 0 spiro atoms. The zero-order valence-electron chi connectivity index (χ0n) is 10.8. The van der Waals surface area contributed by atoms with Crippen LogP contribution in [0.5, 0.6) is 0 Å². The summed E-state index contributed by atoms with van der Waals surface area (Å²) >= 11 is 0. The van der Waals surface area contributed by atoms with Crippen LogP contribution in [0.25, 0.3) is 0 Å². The summed E-state index contributed by atoms with van der Waals surface area (Å²) in [6.07, 6.45) is -3.27. The second-order valence-corrected chi connectivity index (χ2v) is 3.77. The Labute approximate surface area is 126 Å².